The summed E-state index contributed by atoms with van der Waals surface area (Å²) in [7, 11) is -2.77. The van der Waals surface area contributed by atoms with Crippen molar-refractivity contribution in [1.82, 2.24) is 5.32 Å². The molecule has 0 aromatic heterocycles. The molecule has 3 nitrogen and oxygen atoms in total. The first-order chi connectivity index (χ1) is 9.14. The first kappa shape index (κ1) is 13.1. The van der Waals surface area contributed by atoms with Gasteiger partial charge in [0.15, 0.2) is 9.84 Å². The third kappa shape index (κ3) is 3.00. The van der Waals surface area contributed by atoms with Crippen LogP contribution in [0.4, 0.5) is 0 Å². The molecule has 1 aliphatic heterocycles. The zero-order chi connectivity index (χ0) is 13.3. The van der Waals surface area contributed by atoms with Crippen molar-refractivity contribution in [3.63, 3.8) is 0 Å². The van der Waals surface area contributed by atoms with Crippen LogP contribution in [0.3, 0.4) is 0 Å². The fourth-order valence-electron chi connectivity index (χ4n) is 3.33. The molecule has 1 heterocycles. The Morgan fingerprint density at radius 2 is 2.05 bits per heavy atom. The van der Waals surface area contributed by atoms with Crippen LogP contribution in [0.25, 0.3) is 0 Å². The second-order valence-electron chi connectivity index (χ2n) is 5.80. The summed E-state index contributed by atoms with van der Waals surface area (Å²) in [5.41, 5.74) is 2.93. The van der Waals surface area contributed by atoms with Gasteiger partial charge in [-0.2, -0.15) is 0 Å². The van der Waals surface area contributed by atoms with Gasteiger partial charge in [0.2, 0.25) is 0 Å². The lowest BCUT2D eigenvalue weighted by molar-refractivity contribution is 0.468. The lowest BCUT2D eigenvalue weighted by Crippen LogP contribution is -2.34. The number of benzene rings is 1. The highest BCUT2D eigenvalue weighted by atomic mass is 32.2. The molecule has 0 amide bonds. The molecule has 0 spiro atoms. The molecule has 3 rings (SSSR count). The van der Waals surface area contributed by atoms with Crippen molar-refractivity contribution in [3.05, 3.63) is 35.4 Å². The van der Waals surface area contributed by atoms with Gasteiger partial charge in [-0.25, -0.2) is 8.42 Å². The Kier molecular flexibility index (Phi) is 3.63. The molecule has 2 unspecified atom stereocenters. The smallest absolute Gasteiger partial charge is 0.151 e. The number of fused-ring (bicyclic) bond motifs is 1. The van der Waals surface area contributed by atoms with Gasteiger partial charge in [0.1, 0.15) is 0 Å². The van der Waals surface area contributed by atoms with Crippen LogP contribution in [0.15, 0.2) is 24.3 Å². The van der Waals surface area contributed by atoms with Crippen LogP contribution in [0.2, 0.25) is 0 Å². The first-order valence-electron chi connectivity index (χ1n) is 7.16. The molecule has 1 saturated heterocycles. The Balaban J connectivity index is 1.63. The highest BCUT2D eigenvalue weighted by molar-refractivity contribution is 7.91. The van der Waals surface area contributed by atoms with E-state index in [9.17, 15) is 8.42 Å². The van der Waals surface area contributed by atoms with Gasteiger partial charge in [0.05, 0.1) is 11.5 Å². The van der Waals surface area contributed by atoms with E-state index in [4.69, 9.17) is 0 Å². The lowest BCUT2D eigenvalue weighted by atomic mass is 9.83. The fourth-order valence-corrected chi connectivity index (χ4v) is 5.04. The van der Waals surface area contributed by atoms with Crippen LogP contribution in [0.5, 0.6) is 0 Å². The van der Waals surface area contributed by atoms with Gasteiger partial charge in [0.25, 0.3) is 0 Å². The normalized spacial score (nSPS) is 29.1. The van der Waals surface area contributed by atoms with Crippen molar-refractivity contribution < 1.29 is 8.42 Å². The van der Waals surface area contributed by atoms with Gasteiger partial charge in [-0.15, -0.1) is 0 Å². The van der Waals surface area contributed by atoms with E-state index in [1.165, 1.54) is 30.4 Å². The maximum atomic E-state index is 11.5. The topological polar surface area (TPSA) is 46.2 Å². The standard InChI is InChI=1S/C15H21NO2S/c17-19(18)9-8-14(11-19)16-10-13-6-3-5-12-4-1-2-7-15(12)13/h1-2,4,7,13-14,16H,3,5-6,8-11H2. The zero-order valence-electron chi connectivity index (χ0n) is 11.1. The molecule has 1 aromatic rings. The van der Waals surface area contributed by atoms with E-state index >= 15 is 0 Å². The highest BCUT2D eigenvalue weighted by Crippen LogP contribution is 2.31. The third-order valence-electron chi connectivity index (χ3n) is 4.38. The molecule has 2 atom stereocenters. The molecule has 19 heavy (non-hydrogen) atoms. The molecule has 0 saturated carbocycles. The van der Waals surface area contributed by atoms with E-state index in [1.807, 2.05) is 0 Å². The Morgan fingerprint density at radius 1 is 1.21 bits per heavy atom. The average molecular weight is 279 g/mol. The van der Waals surface area contributed by atoms with Gasteiger partial charge in [-0.3, -0.25) is 0 Å². The third-order valence-corrected chi connectivity index (χ3v) is 6.15. The average Bonchev–Trinajstić information content (AvgIpc) is 2.76. The van der Waals surface area contributed by atoms with Crippen molar-refractivity contribution >= 4 is 9.84 Å². The lowest BCUT2D eigenvalue weighted by Gasteiger charge is -2.26. The molecule has 1 fully saturated rings. The van der Waals surface area contributed by atoms with Crippen LogP contribution in [-0.4, -0.2) is 32.5 Å². The Morgan fingerprint density at radius 3 is 2.84 bits per heavy atom. The maximum absolute atomic E-state index is 11.5. The summed E-state index contributed by atoms with van der Waals surface area (Å²) >= 11 is 0. The highest BCUT2D eigenvalue weighted by Gasteiger charge is 2.28. The first-order valence-corrected chi connectivity index (χ1v) is 8.98. The van der Waals surface area contributed by atoms with Crippen LogP contribution in [0, 0.1) is 0 Å². The van der Waals surface area contributed by atoms with Crippen molar-refractivity contribution in [1.29, 1.82) is 0 Å². The minimum atomic E-state index is -2.77. The van der Waals surface area contributed by atoms with E-state index in [0.29, 0.717) is 17.4 Å². The number of nitrogens with one attached hydrogen (secondary N) is 1. The van der Waals surface area contributed by atoms with Crippen molar-refractivity contribution in [2.24, 2.45) is 0 Å². The summed E-state index contributed by atoms with van der Waals surface area (Å²) in [6.07, 6.45) is 4.41. The number of sulfone groups is 1. The number of aryl methyl sites for hydroxylation is 1. The maximum Gasteiger partial charge on any atom is 0.151 e. The van der Waals surface area contributed by atoms with Crippen LogP contribution >= 0.6 is 0 Å². The predicted molar refractivity (Wildman–Crippen MR) is 77.2 cm³/mol. The van der Waals surface area contributed by atoms with Crippen molar-refractivity contribution in [2.75, 3.05) is 18.1 Å². The summed E-state index contributed by atoms with van der Waals surface area (Å²) in [5.74, 6) is 1.22. The summed E-state index contributed by atoms with van der Waals surface area (Å²) in [4.78, 5) is 0. The second kappa shape index (κ2) is 5.25. The van der Waals surface area contributed by atoms with Crippen LogP contribution in [-0.2, 0) is 16.3 Å². The largest absolute Gasteiger partial charge is 0.312 e. The van der Waals surface area contributed by atoms with E-state index in [2.05, 4.69) is 29.6 Å². The van der Waals surface area contributed by atoms with Gasteiger partial charge in [-0.1, -0.05) is 24.3 Å². The summed E-state index contributed by atoms with van der Waals surface area (Å²) in [5, 5.41) is 3.47. The van der Waals surface area contributed by atoms with Gasteiger partial charge < -0.3 is 5.32 Å². The minimum absolute atomic E-state index is 0.166. The molecule has 4 heteroatoms. The Labute approximate surface area is 115 Å². The predicted octanol–water partition coefficient (Wildman–Crippen LogP) is 1.88. The van der Waals surface area contributed by atoms with E-state index in [0.717, 1.165) is 13.0 Å². The Hall–Kier alpha value is -0.870. The van der Waals surface area contributed by atoms with Crippen molar-refractivity contribution in [2.45, 2.75) is 37.6 Å². The molecule has 1 aromatic carbocycles. The minimum Gasteiger partial charge on any atom is -0.312 e. The molecule has 0 bridgehead atoms. The quantitative estimate of drug-likeness (QED) is 0.919. The van der Waals surface area contributed by atoms with Crippen molar-refractivity contribution in [3.8, 4) is 0 Å². The SMILES string of the molecule is O=S1(=O)CCC(NCC2CCCc3ccccc32)C1. The second-order valence-corrected chi connectivity index (χ2v) is 8.02. The molecule has 0 radical (unpaired) electrons. The number of hydrogen-bond donors (Lipinski definition) is 1. The molecular formula is C15H21NO2S. The van der Waals surface area contributed by atoms with E-state index < -0.39 is 9.84 Å². The number of hydrogen-bond acceptors (Lipinski definition) is 3. The van der Waals surface area contributed by atoms with Crippen LogP contribution < -0.4 is 5.32 Å². The molecule has 104 valence electrons. The summed E-state index contributed by atoms with van der Waals surface area (Å²) in [6.45, 7) is 0.914. The van der Waals surface area contributed by atoms with E-state index in [1.54, 1.807) is 0 Å². The van der Waals surface area contributed by atoms with Gasteiger partial charge in [-0.05, 0) is 42.7 Å². The number of rotatable bonds is 3. The molecule has 1 N–H and O–H groups in total. The van der Waals surface area contributed by atoms with Gasteiger partial charge in [0, 0.05) is 12.6 Å². The van der Waals surface area contributed by atoms with E-state index in [-0.39, 0.29) is 6.04 Å². The van der Waals surface area contributed by atoms with Crippen LogP contribution in [0.1, 0.15) is 36.3 Å². The monoisotopic (exact) mass is 279 g/mol. The molecular weight excluding hydrogens is 258 g/mol. The summed E-state index contributed by atoms with van der Waals surface area (Å²) < 4.78 is 22.9. The summed E-state index contributed by atoms with van der Waals surface area (Å²) in [6, 6.07) is 8.84. The zero-order valence-corrected chi connectivity index (χ0v) is 12.0. The molecule has 2 aliphatic rings. The van der Waals surface area contributed by atoms with Gasteiger partial charge >= 0.3 is 0 Å². The fraction of sp³-hybridized carbons (Fsp3) is 0.600. The Bertz CT molecular complexity index is 553. The molecule has 1 aliphatic carbocycles.